The van der Waals surface area contributed by atoms with E-state index in [4.69, 9.17) is 5.26 Å². The SMILES string of the molecule is COC(=O)CSCCCC(=O)Nc1ccccc1C#N. The van der Waals surface area contributed by atoms with Gasteiger partial charge in [-0.2, -0.15) is 17.0 Å². The van der Waals surface area contributed by atoms with Gasteiger partial charge in [-0.1, -0.05) is 12.1 Å². The number of benzene rings is 1. The molecule has 0 bridgehead atoms. The van der Waals surface area contributed by atoms with Gasteiger partial charge in [0.25, 0.3) is 0 Å². The van der Waals surface area contributed by atoms with Crippen molar-refractivity contribution in [2.45, 2.75) is 12.8 Å². The van der Waals surface area contributed by atoms with E-state index in [9.17, 15) is 9.59 Å². The number of anilines is 1. The second kappa shape index (κ2) is 8.99. The molecule has 20 heavy (non-hydrogen) atoms. The molecular formula is C14H16N2O3S. The fraction of sp³-hybridized carbons (Fsp3) is 0.357. The molecule has 0 saturated heterocycles. The van der Waals surface area contributed by atoms with Crippen molar-refractivity contribution >= 4 is 29.3 Å². The highest BCUT2D eigenvalue weighted by Crippen LogP contribution is 2.14. The molecule has 0 heterocycles. The van der Waals surface area contributed by atoms with Gasteiger partial charge in [0.1, 0.15) is 6.07 Å². The third kappa shape index (κ3) is 5.76. The summed E-state index contributed by atoms with van der Waals surface area (Å²) in [5, 5.41) is 11.6. The lowest BCUT2D eigenvalue weighted by Crippen LogP contribution is -2.12. The summed E-state index contributed by atoms with van der Waals surface area (Å²) >= 11 is 1.43. The summed E-state index contributed by atoms with van der Waals surface area (Å²) in [4.78, 5) is 22.6. The Labute approximate surface area is 122 Å². The number of nitriles is 1. The van der Waals surface area contributed by atoms with E-state index in [0.717, 1.165) is 0 Å². The maximum absolute atomic E-state index is 11.7. The van der Waals surface area contributed by atoms with Gasteiger partial charge in [0.05, 0.1) is 24.1 Å². The van der Waals surface area contributed by atoms with Crippen molar-refractivity contribution in [3.63, 3.8) is 0 Å². The van der Waals surface area contributed by atoms with E-state index in [1.165, 1.54) is 18.9 Å². The Kier molecular flexibility index (Phi) is 7.22. The summed E-state index contributed by atoms with van der Waals surface area (Å²) in [6, 6.07) is 8.89. The predicted octanol–water partition coefficient (Wildman–Crippen LogP) is 2.18. The van der Waals surface area contributed by atoms with Crippen LogP contribution in [0.3, 0.4) is 0 Å². The van der Waals surface area contributed by atoms with Crippen LogP contribution in [0.25, 0.3) is 0 Å². The first-order valence-corrected chi connectivity index (χ1v) is 7.26. The highest BCUT2D eigenvalue weighted by atomic mass is 32.2. The Bertz CT molecular complexity index is 511. The zero-order valence-corrected chi connectivity index (χ0v) is 12.0. The molecule has 1 rings (SSSR count). The van der Waals surface area contributed by atoms with Crippen LogP contribution in [0.5, 0.6) is 0 Å². The van der Waals surface area contributed by atoms with E-state index >= 15 is 0 Å². The number of hydrogen-bond acceptors (Lipinski definition) is 5. The van der Waals surface area contributed by atoms with Gasteiger partial charge in [-0.3, -0.25) is 9.59 Å². The monoisotopic (exact) mass is 292 g/mol. The topological polar surface area (TPSA) is 79.2 Å². The van der Waals surface area contributed by atoms with Crippen LogP contribution in [0.15, 0.2) is 24.3 Å². The number of methoxy groups -OCH3 is 1. The smallest absolute Gasteiger partial charge is 0.315 e. The molecule has 0 aromatic heterocycles. The standard InChI is InChI=1S/C14H16N2O3S/c1-19-14(18)10-20-8-4-7-13(17)16-12-6-3-2-5-11(12)9-15/h2-3,5-6H,4,7-8,10H2,1H3,(H,16,17). The van der Waals surface area contributed by atoms with Gasteiger partial charge in [-0.25, -0.2) is 0 Å². The number of para-hydroxylation sites is 1. The van der Waals surface area contributed by atoms with Crippen molar-refractivity contribution in [3.05, 3.63) is 29.8 Å². The molecule has 0 spiro atoms. The third-order valence-electron chi connectivity index (χ3n) is 2.46. The minimum atomic E-state index is -0.262. The minimum absolute atomic E-state index is 0.133. The van der Waals surface area contributed by atoms with Crippen molar-refractivity contribution in [1.29, 1.82) is 5.26 Å². The van der Waals surface area contributed by atoms with Crippen LogP contribution in [0.4, 0.5) is 5.69 Å². The van der Waals surface area contributed by atoms with Crippen molar-refractivity contribution < 1.29 is 14.3 Å². The van der Waals surface area contributed by atoms with Crippen molar-refractivity contribution in [1.82, 2.24) is 0 Å². The summed E-state index contributed by atoms with van der Waals surface area (Å²) in [6.07, 6.45) is 1.02. The molecular weight excluding hydrogens is 276 g/mol. The maximum atomic E-state index is 11.7. The Morgan fingerprint density at radius 1 is 1.40 bits per heavy atom. The Balaban J connectivity index is 2.27. The Morgan fingerprint density at radius 3 is 2.85 bits per heavy atom. The number of carbonyl (C=O) groups excluding carboxylic acids is 2. The van der Waals surface area contributed by atoms with E-state index in [1.807, 2.05) is 6.07 Å². The van der Waals surface area contributed by atoms with Crippen molar-refractivity contribution in [2.75, 3.05) is 23.9 Å². The molecule has 0 saturated carbocycles. The molecule has 0 radical (unpaired) electrons. The zero-order chi connectivity index (χ0) is 14.8. The number of rotatable bonds is 7. The molecule has 0 unspecified atom stereocenters. The molecule has 0 aliphatic carbocycles. The summed E-state index contributed by atoms with van der Waals surface area (Å²) < 4.78 is 4.51. The van der Waals surface area contributed by atoms with E-state index in [1.54, 1.807) is 24.3 Å². The fourth-order valence-corrected chi connectivity index (χ4v) is 2.23. The number of amides is 1. The Morgan fingerprint density at radius 2 is 2.15 bits per heavy atom. The minimum Gasteiger partial charge on any atom is -0.468 e. The summed E-state index contributed by atoms with van der Waals surface area (Å²) in [7, 11) is 1.35. The van der Waals surface area contributed by atoms with Crippen molar-refractivity contribution in [2.24, 2.45) is 0 Å². The van der Waals surface area contributed by atoms with E-state index in [-0.39, 0.29) is 11.9 Å². The van der Waals surface area contributed by atoms with Crippen LogP contribution in [-0.2, 0) is 14.3 Å². The van der Waals surface area contributed by atoms with Gasteiger partial charge in [-0.15, -0.1) is 0 Å². The number of carbonyl (C=O) groups is 2. The molecule has 5 nitrogen and oxygen atoms in total. The molecule has 1 N–H and O–H groups in total. The van der Waals surface area contributed by atoms with Gasteiger partial charge in [0.2, 0.25) is 5.91 Å². The second-order valence-electron chi connectivity index (χ2n) is 3.94. The molecule has 1 aromatic carbocycles. The zero-order valence-electron chi connectivity index (χ0n) is 11.2. The van der Waals surface area contributed by atoms with Crippen LogP contribution in [0.1, 0.15) is 18.4 Å². The molecule has 6 heteroatoms. The molecule has 0 aliphatic heterocycles. The molecule has 1 aromatic rings. The maximum Gasteiger partial charge on any atom is 0.315 e. The first-order chi connectivity index (χ1) is 9.67. The van der Waals surface area contributed by atoms with Crippen LogP contribution in [-0.4, -0.2) is 30.5 Å². The van der Waals surface area contributed by atoms with E-state index in [2.05, 4.69) is 10.1 Å². The quantitative estimate of drug-likeness (QED) is 0.615. The predicted molar refractivity (Wildman–Crippen MR) is 78.4 cm³/mol. The first kappa shape index (κ1) is 16.1. The molecule has 0 fully saturated rings. The summed E-state index contributed by atoms with van der Waals surface area (Å²) in [5.74, 6) is 0.617. The van der Waals surface area contributed by atoms with Gasteiger partial charge in [0, 0.05) is 6.42 Å². The number of ether oxygens (including phenoxy) is 1. The summed E-state index contributed by atoms with van der Waals surface area (Å²) in [5.41, 5.74) is 0.975. The molecule has 0 atom stereocenters. The largest absolute Gasteiger partial charge is 0.468 e. The molecule has 106 valence electrons. The highest BCUT2D eigenvalue weighted by Gasteiger charge is 2.06. The van der Waals surface area contributed by atoms with Crippen LogP contribution >= 0.6 is 11.8 Å². The lowest BCUT2D eigenvalue weighted by molar-refractivity contribution is -0.137. The van der Waals surface area contributed by atoms with Crippen LogP contribution in [0.2, 0.25) is 0 Å². The summed E-state index contributed by atoms with van der Waals surface area (Å²) in [6.45, 7) is 0. The van der Waals surface area contributed by atoms with Crippen molar-refractivity contribution in [3.8, 4) is 6.07 Å². The fourth-order valence-electron chi connectivity index (χ4n) is 1.45. The average Bonchev–Trinajstić information content (AvgIpc) is 2.47. The van der Waals surface area contributed by atoms with Crippen LogP contribution < -0.4 is 5.32 Å². The second-order valence-corrected chi connectivity index (χ2v) is 5.04. The van der Waals surface area contributed by atoms with Gasteiger partial charge in [0.15, 0.2) is 0 Å². The van der Waals surface area contributed by atoms with Crippen LogP contribution in [0, 0.1) is 11.3 Å². The van der Waals surface area contributed by atoms with Gasteiger partial charge >= 0.3 is 5.97 Å². The van der Waals surface area contributed by atoms with E-state index in [0.29, 0.717) is 35.6 Å². The number of nitrogens with zero attached hydrogens (tertiary/aromatic N) is 1. The van der Waals surface area contributed by atoms with E-state index < -0.39 is 0 Å². The normalized spacial score (nSPS) is 9.60. The molecule has 0 aliphatic rings. The number of thioether (sulfide) groups is 1. The number of esters is 1. The lowest BCUT2D eigenvalue weighted by atomic mass is 10.2. The number of nitrogens with one attached hydrogen (secondary N) is 1. The number of hydrogen-bond donors (Lipinski definition) is 1. The third-order valence-corrected chi connectivity index (χ3v) is 3.48. The first-order valence-electron chi connectivity index (χ1n) is 6.11. The lowest BCUT2D eigenvalue weighted by Gasteiger charge is -2.06. The Hall–Kier alpha value is -2.00. The van der Waals surface area contributed by atoms with Gasteiger partial charge in [-0.05, 0) is 24.3 Å². The molecule has 1 amide bonds. The average molecular weight is 292 g/mol. The van der Waals surface area contributed by atoms with Gasteiger partial charge < -0.3 is 10.1 Å². The highest BCUT2D eigenvalue weighted by molar-refractivity contribution is 7.99.